The summed E-state index contributed by atoms with van der Waals surface area (Å²) >= 11 is 3.56. The van der Waals surface area contributed by atoms with Gasteiger partial charge in [-0.25, -0.2) is 0 Å². The molecule has 2 atom stereocenters. The topological polar surface area (TPSA) is 12.5 Å². The lowest BCUT2D eigenvalue weighted by Crippen LogP contribution is -2.43. The second-order valence-corrected chi connectivity index (χ2v) is 5.19. The number of para-hydroxylation sites is 1. The Bertz CT molecular complexity index is 370. The third kappa shape index (κ3) is 1.87. The summed E-state index contributed by atoms with van der Waals surface area (Å²) in [6, 6.07) is 8.65. The number of anilines is 1. The summed E-state index contributed by atoms with van der Waals surface area (Å²) in [7, 11) is 0. The molecule has 2 saturated heterocycles. The maximum Gasteiger partial charge on any atom is 0.0755 e. The number of benzene rings is 1. The van der Waals surface area contributed by atoms with Crippen LogP contribution in [-0.4, -0.2) is 25.3 Å². The summed E-state index contributed by atoms with van der Waals surface area (Å²) in [5.74, 6) is 0. The van der Waals surface area contributed by atoms with Crippen molar-refractivity contribution < 1.29 is 4.74 Å². The second-order valence-electron chi connectivity index (χ2n) is 4.62. The first-order valence-electron chi connectivity index (χ1n) is 5.91. The summed E-state index contributed by atoms with van der Waals surface area (Å²) < 4.78 is 5.87. The van der Waals surface area contributed by atoms with Crippen LogP contribution in [0.25, 0.3) is 0 Å². The first-order chi connectivity index (χ1) is 7.86. The molecule has 1 aromatic rings. The summed E-state index contributed by atoms with van der Waals surface area (Å²) in [5, 5.41) is 0.926. The fourth-order valence-electron chi connectivity index (χ4n) is 2.74. The molecule has 0 aromatic heterocycles. The van der Waals surface area contributed by atoms with Crippen LogP contribution in [0.2, 0.25) is 0 Å². The van der Waals surface area contributed by atoms with Crippen LogP contribution in [0.4, 0.5) is 5.69 Å². The predicted molar refractivity (Wildman–Crippen MR) is 69.2 cm³/mol. The second kappa shape index (κ2) is 4.38. The van der Waals surface area contributed by atoms with Crippen molar-refractivity contribution in [1.82, 2.24) is 0 Å². The molecule has 2 aliphatic heterocycles. The van der Waals surface area contributed by atoms with Crippen LogP contribution in [0, 0.1) is 0 Å². The van der Waals surface area contributed by atoms with Gasteiger partial charge in [-0.05, 0) is 24.5 Å². The van der Waals surface area contributed by atoms with Crippen molar-refractivity contribution in [3.8, 4) is 0 Å². The molecule has 16 heavy (non-hydrogen) atoms. The number of rotatable bonds is 2. The number of hydrogen-bond acceptors (Lipinski definition) is 2. The maximum atomic E-state index is 5.87. The Hall–Kier alpha value is -0.540. The van der Waals surface area contributed by atoms with Crippen molar-refractivity contribution in [3.05, 3.63) is 29.8 Å². The monoisotopic (exact) mass is 281 g/mol. The highest BCUT2D eigenvalue weighted by Crippen LogP contribution is 2.31. The van der Waals surface area contributed by atoms with Crippen LogP contribution >= 0.6 is 15.9 Å². The van der Waals surface area contributed by atoms with Gasteiger partial charge in [-0.2, -0.15) is 0 Å². The number of morpholine rings is 1. The normalized spacial score (nSPS) is 28.4. The largest absolute Gasteiger partial charge is 0.371 e. The molecule has 2 nitrogen and oxygen atoms in total. The molecule has 2 heterocycles. The maximum absolute atomic E-state index is 5.87. The van der Waals surface area contributed by atoms with Gasteiger partial charge in [0.2, 0.25) is 0 Å². The Morgan fingerprint density at radius 3 is 2.56 bits per heavy atom. The number of nitrogens with zero attached hydrogens (tertiary/aromatic N) is 1. The minimum absolute atomic E-state index is 0.460. The van der Waals surface area contributed by atoms with E-state index in [-0.39, 0.29) is 0 Å². The number of alkyl halides is 1. The lowest BCUT2D eigenvalue weighted by molar-refractivity contribution is 0.0304. The summed E-state index contributed by atoms with van der Waals surface area (Å²) in [6.45, 7) is 2.11. The molecule has 0 spiro atoms. The van der Waals surface area contributed by atoms with Gasteiger partial charge < -0.3 is 9.64 Å². The SMILES string of the molecule is BrCc1ccccc1N1CC2CCC(C1)O2. The zero-order valence-electron chi connectivity index (χ0n) is 9.23. The molecule has 3 rings (SSSR count). The minimum Gasteiger partial charge on any atom is -0.371 e. The first kappa shape index (κ1) is 10.6. The van der Waals surface area contributed by atoms with Crippen molar-refractivity contribution in [2.24, 2.45) is 0 Å². The average Bonchev–Trinajstić information content (AvgIpc) is 2.68. The van der Waals surface area contributed by atoms with Crippen LogP contribution in [0.5, 0.6) is 0 Å². The van der Waals surface area contributed by atoms with Crippen molar-refractivity contribution in [1.29, 1.82) is 0 Å². The lowest BCUT2D eigenvalue weighted by atomic mass is 10.1. The Labute approximate surface area is 105 Å². The molecule has 0 saturated carbocycles. The number of ether oxygens (including phenoxy) is 1. The van der Waals surface area contributed by atoms with E-state index in [0.29, 0.717) is 12.2 Å². The molecule has 2 bridgehead atoms. The zero-order chi connectivity index (χ0) is 11.0. The molecule has 3 heteroatoms. The van der Waals surface area contributed by atoms with Crippen LogP contribution in [0.3, 0.4) is 0 Å². The van der Waals surface area contributed by atoms with E-state index in [0.717, 1.165) is 18.4 Å². The molecule has 0 amide bonds. The highest BCUT2D eigenvalue weighted by molar-refractivity contribution is 9.08. The molecule has 86 valence electrons. The van der Waals surface area contributed by atoms with Gasteiger partial charge in [-0.15, -0.1) is 0 Å². The molecule has 0 radical (unpaired) electrons. The van der Waals surface area contributed by atoms with Crippen LogP contribution in [0.15, 0.2) is 24.3 Å². The molecule has 2 fully saturated rings. The van der Waals surface area contributed by atoms with Gasteiger partial charge in [-0.1, -0.05) is 34.1 Å². The zero-order valence-corrected chi connectivity index (χ0v) is 10.8. The van der Waals surface area contributed by atoms with Gasteiger partial charge in [0.15, 0.2) is 0 Å². The summed E-state index contributed by atoms with van der Waals surface area (Å²) in [6.07, 6.45) is 3.39. The van der Waals surface area contributed by atoms with Gasteiger partial charge >= 0.3 is 0 Å². The fourth-order valence-corrected chi connectivity index (χ4v) is 3.22. The summed E-state index contributed by atoms with van der Waals surface area (Å²) in [4.78, 5) is 2.49. The van der Waals surface area contributed by atoms with Crippen LogP contribution in [0.1, 0.15) is 18.4 Å². The minimum atomic E-state index is 0.460. The third-order valence-corrected chi connectivity index (χ3v) is 4.12. The summed E-state index contributed by atoms with van der Waals surface area (Å²) in [5.41, 5.74) is 2.75. The average molecular weight is 282 g/mol. The van der Waals surface area contributed by atoms with E-state index in [4.69, 9.17) is 4.74 Å². The van der Waals surface area contributed by atoms with E-state index in [2.05, 4.69) is 45.1 Å². The van der Waals surface area contributed by atoms with E-state index < -0.39 is 0 Å². The molecule has 2 unspecified atom stereocenters. The number of hydrogen-bond donors (Lipinski definition) is 0. The number of halogens is 1. The standard InChI is InChI=1S/C13H16BrNO/c14-7-10-3-1-2-4-13(10)15-8-11-5-6-12(9-15)16-11/h1-4,11-12H,5-9H2. The molecular formula is C13H16BrNO. The number of fused-ring (bicyclic) bond motifs is 2. The van der Waals surface area contributed by atoms with Crippen molar-refractivity contribution >= 4 is 21.6 Å². The highest BCUT2D eigenvalue weighted by atomic mass is 79.9. The van der Waals surface area contributed by atoms with E-state index in [1.807, 2.05) is 0 Å². The van der Waals surface area contributed by atoms with Gasteiger partial charge in [0.1, 0.15) is 0 Å². The Balaban J connectivity index is 1.86. The van der Waals surface area contributed by atoms with E-state index in [9.17, 15) is 0 Å². The molecule has 1 aromatic carbocycles. The Morgan fingerprint density at radius 2 is 1.88 bits per heavy atom. The van der Waals surface area contributed by atoms with Gasteiger partial charge in [0.25, 0.3) is 0 Å². The fraction of sp³-hybridized carbons (Fsp3) is 0.538. The van der Waals surface area contributed by atoms with Gasteiger partial charge in [0, 0.05) is 24.1 Å². The predicted octanol–water partition coefficient (Wildman–Crippen LogP) is 2.95. The van der Waals surface area contributed by atoms with Crippen molar-refractivity contribution in [2.75, 3.05) is 18.0 Å². The van der Waals surface area contributed by atoms with Crippen molar-refractivity contribution in [2.45, 2.75) is 30.4 Å². The molecule has 0 aliphatic carbocycles. The first-order valence-corrected chi connectivity index (χ1v) is 7.03. The smallest absolute Gasteiger partial charge is 0.0755 e. The van der Waals surface area contributed by atoms with Crippen LogP contribution in [-0.2, 0) is 10.1 Å². The van der Waals surface area contributed by atoms with E-state index in [1.165, 1.54) is 24.1 Å². The molecule has 0 N–H and O–H groups in total. The lowest BCUT2D eigenvalue weighted by Gasteiger charge is -2.34. The Kier molecular flexibility index (Phi) is 2.90. The van der Waals surface area contributed by atoms with Crippen LogP contribution < -0.4 is 4.90 Å². The van der Waals surface area contributed by atoms with E-state index in [1.54, 1.807) is 0 Å². The highest BCUT2D eigenvalue weighted by Gasteiger charge is 2.34. The molecule has 2 aliphatic rings. The Morgan fingerprint density at radius 1 is 1.19 bits per heavy atom. The molecular weight excluding hydrogens is 266 g/mol. The van der Waals surface area contributed by atoms with E-state index >= 15 is 0 Å². The van der Waals surface area contributed by atoms with Gasteiger partial charge in [0.05, 0.1) is 12.2 Å². The quantitative estimate of drug-likeness (QED) is 0.773. The third-order valence-electron chi connectivity index (χ3n) is 3.52. The van der Waals surface area contributed by atoms with Gasteiger partial charge in [-0.3, -0.25) is 0 Å². The van der Waals surface area contributed by atoms with Crippen molar-refractivity contribution in [3.63, 3.8) is 0 Å².